The number of anilines is 2. The molecule has 3 nitrogen and oxygen atoms in total. The monoisotopic (exact) mass is 237 g/mol. The number of nitriles is 1. The summed E-state index contributed by atoms with van der Waals surface area (Å²) in [5, 5.41) is 12.2. The first-order valence-electron chi connectivity index (χ1n) is 5.78. The number of rotatable bonds is 3. The Bertz CT molecular complexity index is 597. The highest BCUT2D eigenvalue weighted by molar-refractivity contribution is 5.53. The molecule has 90 valence electrons. The van der Waals surface area contributed by atoms with Gasteiger partial charge in [0.1, 0.15) is 0 Å². The molecule has 0 fully saturated rings. The van der Waals surface area contributed by atoms with Gasteiger partial charge in [0.2, 0.25) is 0 Å². The van der Waals surface area contributed by atoms with Crippen LogP contribution in [0.3, 0.4) is 0 Å². The number of nitrogens with zero attached hydrogens (tertiary/aromatic N) is 1. The van der Waals surface area contributed by atoms with E-state index in [4.69, 9.17) is 11.0 Å². The molecule has 0 radical (unpaired) electrons. The van der Waals surface area contributed by atoms with Gasteiger partial charge in [-0.25, -0.2) is 0 Å². The maximum absolute atomic E-state index is 8.87. The van der Waals surface area contributed by atoms with Crippen LogP contribution in [0.5, 0.6) is 0 Å². The molecular formula is C15H15N3. The van der Waals surface area contributed by atoms with Crippen LogP contribution in [0, 0.1) is 18.3 Å². The molecule has 2 aromatic carbocycles. The van der Waals surface area contributed by atoms with Crippen LogP contribution in [-0.2, 0) is 6.54 Å². The molecular weight excluding hydrogens is 222 g/mol. The van der Waals surface area contributed by atoms with Gasteiger partial charge in [0, 0.05) is 17.9 Å². The second kappa shape index (κ2) is 5.24. The van der Waals surface area contributed by atoms with Gasteiger partial charge in [-0.05, 0) is 42.3 Å². The highest BCUT2D eigenvalue weighted by atomic mass is 14.9. The lowest BCUT2D eigenvalue weighted by molar-refractivity contribution is 1.15. The molecule has 3 N–H and O–H groups in total. The van der Waals surface area contributed by atoms with Crippen LogP contribution in [0.2, 0.25) is 0 Å². The fourth-order valence-electron chi connectivity index (χ4n) is 1.79. The van der Waals surface area contributed by atoms with Crippen molar-refractivity contribution in [3.8, 4) is 6.07 Å². The minimum Gasteiger partial charge on any atom is -0.398 e. The molecule has 2 rings (SSSR count). The van der Waals surface area contributed by atoms with Crippen LogP contribution in [0.4, 0.5) is 11.4 Å². The smallest absolute Gasteiger partial charge is 0.0994 e. The van der Waals surface area contributed by atoms with Crippen LogP contribution < -0.4 is 11.1 Å². The summed E-state index contributed by atoms with van der Waals surface area (Å²) in [4.78, 5) is 0. The predicted molar refractivity (Wildman–Crippen MR) is 74.1 cm³/mol. The second-order valence-electron chi connectivity index (χ2n) is 4.19. The van der Waals surface area contributed by atoms with E-state index in [0.29, 0.717) is 12.1 Å². The molecule has 0 aliphatic rings. The summed E-state index contributed by atoms with van der Waals surface area (Å²) in [5.41, 5.74) is 10.4. The molecule has 0 atom stereocenters. The lowest BCUT2D eigenvalue weighted by Gasteiger charge is -2.09. The maximum Gasteiger partial charge on any atom is 0.0994 e. The molecule has 3 heteroatoms. The first-order valence-corrected chi connectivity index (χ1v) is 5.78. The van der Waals surface area contributed by atoms with E-state index in [9.17, 15) is 0 Å². The predicted octanol–water partition coefficient (Wildman–Crippen LogP) is 3.06. The summed E-state index contributed by atoms with van der Waals surface area (Å²) in [7, 11) is 0. The maximum atomic E-state index is 8.87. The minimum absolute atomic E-state index is 0.679. The molecule has 0 aromatic heterocycles. The van der Waals surface area contributed by atoms with E-state index in [2.05, 4.69) is 11.4 Å². The number of aryl methyl sites for hydroxylation is 1. The van der Waals surface area contributed by atoms with E-state index < -0.39 is 0 Å². The molecule has 0 aliphatic heterocycles. The Morgan fingerprint density at radius 3 is 2.67 bits per heavy atom. The van der Waals surface area contributed by atoms with E-state index in [1.165, 1.54) is 0 Å². The summed E-state index contributed by atoms with van der Waals surface area (Å²) in [6.07, 6.45) is 0. The highest BCUT2D eigenvalue weighted by Crippen LogP contribution is 2.17. The number of nitrogens with one attached hydrogen (secondary N) is 1. The van der Waals surface area contributed by atoms with Crippen LogP contribution in [0.25, 0.3) is 0 Å². The van der Waals surface area contributed by atoms with Crippen LogP contribution in [-0.4, -0.2) is 0 Å². The van der Waals surface area contributed by atoms with Gasteiger partial charge in [0.15, 0.2) is 0 Å². The van der Waals surface area contributed by atoms with Crippen molar-refractivity contribution in [2.75, 3.05) is 11.1 Å². The Hall–Kier alpha value is -2.47. The Labute approximate surface area is 107 Å². The summed E-state index contributed by atoms with van der Waals surface area (Å²) in [6, 6.07) is 15.6. The zero-order valence-corrected chi connectivity index (χ0v) is 10.3. The van der Waals surface area contributed by atoms with Gasteiger partial charge in [-0.3, -0.25) is 0 Å². The third kappa shape index (κ3) is 2.61. The number of benzene rings is 2. The molecule has 0 spiro atoms. The molecule has 18 heavy (non-hydrogen) atoms. The van der Waals surface area contributed by atoms with Gasteiger partial charge in [-0.2, -0.15) is 5.26 Å². The average Bonchev–Trinajstić information content (AvgIpc) is 2.38. The third-order valence-electron chi connectivity index (χ3n) is 2.88. The van der Waals surface area contributed by atoms with E-state index in [1.54, 1.807) is 0 Å². The van der Waals surface area contributed by atoms with E-state index in [1.807, 2.05) is 49.4 Å². The number of nitrogen functional groups attached to an aromatic ring is 1. The molecule has 0 heterocycles. The first kappa shape index (κ1) is 12.0. The molecule has 0 saturated carbocycles. The zero-order chi connectivity index (χ0) is 13.0. The normalized spacial score (nSPS) is 9.78. The Morgan fingerprint density at radius 2 is 2.00 bits per heavy atom. The molecule has 0 amide bonds. The van der Waals surface area contributed by atoms with Gasteiger partial charge in [0.05, 0.1) is 11.6 Å². The third-order valence-corrected chi connectivity index (χ3v) is 2.88. The topological polar surface area (TPSA) is 61.8 Å². The van der Waals surface area contributed by atoms with Crippen molar-refractivity contribution in [2.45, 2.75) is 13.5 Å². The van der Waals surface area contributed by atoms with Crippen molar-refractivity contribution in [3.63, 3.8) is 0 Å². The fraction of sp³-hybridized carbons (Fsp3) is 0.133. The van der Waals surface area contributed by atoms with Crippen molar-refractivity contribution in [1.29, 1.82) is 5.26 Å². The van der Waals surface area contributed by atoms with Crippen molar-refractivity contribution < 1.29 is 0 Å². The molecule has 2 aromatic rings. The Kier molecular flexibility index (Phi) is 3.49. The van der Waals surface area contributed by atoms with Crippen LogP contribution >= 0.6 is 0 Å². The first-order chi connectivity index (χ1) is 8.70. The minimum atomic E-state index is 0.679. The standard InChI is InChI=1S/C15H15N3/c1-11-8-14(7-6-12(11)9-16)18-10-13-4-2-3-5-15(13)17/h2-8,18H,10,17H2,1H3. The number of hydrogen-bond acceptors (Lipinski definition) is 3. The number of nitrogens with two attached hydrogens (primary N) is 1. The SMILES string of the molecule is Cc1cc(NCc2ccccc2N)ccc1C#N. The molecule has 0 unspecified atom stereocenters. The molecule has 0 bridgehead atoms. The van der Waals surface area contributed by atoms with Crippen molar-refractivity contribution in [2.24, 2.45) is 0 Å². The summed E-state index contributed by atoms with van der Waals surface area (Å²) >= 11 is 0. The number of hydrogen-bond donors (Lipinski definition) is 2. The zero-order valence-electron chi connectivity index (χ0n) is 10.3. The van der Waals surface area contributed by atoms with Gasteiger partial charge in [0.25, 0.3) is 0 Å². The highest BCUT2D eigenvalue weighted by Gasteiger charge is 2.00. The number of para-hydroxylation sites is 1. The van der Waals surface area contributed by atoms with Crippen LogP contribution in [0.15, 0.2) is 42.5 Å². The van der Waals surface area contributed by atoms with E-state index in [-0.39, 0.29) is 0 Å². The molecule has 0 saturated heterocycles. The average molecular weight is 237 g/mol. The van der Waals surface area contributed by atoms with Gasteiger partial charge >= 0.3 is 0 Å². The van der Waals surface area contributed by atoms with E-state index >= 15 is 0 Å². The Balaban J connectivity index is 2.10. The van der Waals surface area contributed by atoms with Crippen LogP contribution in [0.1, 0.15) is 16.7 Å². The van der Waals surface area contributed by atoms with Crippen molar-refractivity contribution >= 4 is 11.4 Å². The van der Waals surface area contributed by atoms with Gasteiger partial charge < -0.3 is 11.1 Å². The fourth-order valence-corrected chi connectivity index (χ4v) is 1.79. The summed E-state index contributed by atoms with van der Waals surface area (Å²) in [5.74, 6) is 0. The Morgan fingerprint density at radius 1 is 1.22 bits per heavy atom. The van der Waals surface area contributed by atoms with Crippen molar-refractivity contribution in [1.82, 2.24) is 0 Å². The van der Waals surface area contributed by atoms with E-state index in [0.717, 1.165) is 22.5 Å². The second-order valence-corrected chi connectivity index (χ2v) is 4.19. The van der Waals surface area contributed by atoms with Gasteiger partial charge in [-0.1, -0.05) is 18.2 Å². The summed E-state index contributed by atoms with van der Waals surface area (Å²) in [6.45, 7) is 2.61. The lowest BCUT2D eigenvalue weighted by atomic mass is 10.1. The largest absolute Gasteiger partial charge is 0.398 e. The van der Waals surface area contributed by atoms with Gasteiger partial charge in [-0.15, -0.1) is 0 Å². The molecule has 0 aliphatic carbocycles. The summed E-state index contributed by atoms with van der Waals surface area (Å²) < 4.78 is 0. The quantitative estimate of drug-likeness (QED) is 0.806. The lowest BCUT2D eigenvalue weighted by Crippen LogP contribution is -2.03. The van der Waals surface area contributed by atoms with Crippen molar-refractivity contribution in [3.05, 3.63) is 59.2 Å².